The number of phenolic OH excluding ortho intramolecular Hbond substituents is 1. The second kappa shape index (κ2) is 7.71. The normalized spacial score (nSPS) is 15.3. The maximum atomic E-state index is 12.9. The zero-order valence-electron chi connectivity index (χ0n) is 16.6. The Bertz CT molecular complexity index is 1090. The summed E-state index contributed by atoms with van der Waals surface area (Å²) in [6, 6.07) is 23.9. The van der Waals surface area contributed by atoms with Crippen LogP contribution in [0.2, 0.25) is 0 Å². The van der Waals surface area contributed by atoms with Crippen molar-refractivity contribution in [3.8, 4) is 16.9 Å². The third-order valence-electron chi connectivity index (χ3n) is 6.00. The maximum Gasteiger partial charge on any atom is 0.410 e. The first-order valence-electron chi connectivity index (χ1n) is 10.3. The van der Waals surface area contributed by atoms with Crippen LogP contribution in [-0.2, 0) is 4.74 Å². The van der Waals surface area contributed by atoms with Crippen LogP contribution in [0.4, 0.5) is 4.79 Å². The van der Waals surface area contributed by atoms with Crippen LogP contribution in [0.3, 0.4) is 0 Å². The van der Waals surface area contributed by atoms with Gasteiger partial charge in [-0.15, -0.1) is 0 Å². The zero-order chi connectivity index (χ0) is 20.5. The minimum Gasteiger partial charge on any atom is -0.507 e. The number of aromatic hydroxyl groups is 1. The van der Waals surface area contributed by atoms with E-state index in [1.807, 2.05) is 36.4 Å². The van der Waals surface area contributed by atoms with Crippen molar-refractivity contribution < 1.29 is 14.6 Å². The summed E-state index contributed by atoms with van der Waals surface area (Å²) in [6.07, 6.45) is 2.52. The summed E-state index contributed by atoms with van der Waals surface area (Å²) in [7, 11) is 0. The van der Waals surface area contributed by atoms with Gasteiger partial charge in [-0.05, 0) is 40.3 Å². The molecule has 1 amide bonds. The van der Waals surface area contributed by atoms with E-state index in [4.69, 9.17) is 4.74 Å². The van der Waals surface area contributed by atoms with Crippen LogP contribution in [0.25, 0.3) is 16.7 Å². The number of hydrogen-bond donors (Lipinski definition) is 1. The minimum absolute atomic E-state index is 0.0549. The lowest BCUT2D eigenvalue weighted by molar-refractivity contribution is 0.104. The fourth-order valence-electron chi connectivity index (χ4n) is 4.53. The first-order chi connectivity index (χ1) is 14.7. The van der Waals surface area contributed by atoms with Gasteiger partial charge in [-0.2, -0.15) is 0 Å². The van der Waals surface area contributed by atoms with Crippen molar-refractivity contribution in [2.75, 3.05) is 19.7 Å². The molecule has 150 valence electrons. The largest absolute Gasteiger partial charge is 0.507 e. The van der Waals surface area contributed by atoms with E-state index >= 15 is 0 Å². The number of rotatable bonds is 3. The number of fused-ring (bicyclic) bond motifs is 3. The van der Waals surface area contributed by atoms with Crippen molar-refractivity contribution >= 4 is 11.7 Å². The van der Waals surface area contributed by atoms with Crippen molar-refractivity contribution in [3.63, 3.8) is 0 Å². The smallest absolute Gasteiger partial charge is 0.410 e. The number of para-hydroxylation sites is 1. The summed E-state index contributed by atoms with van der Waals surface area (Å²) >= 11 is 0. The molecule has 4 heteroatoms. The topological polar surface area (TPSA) is 49.8 Å². The van der Waals surface area contributed by atoms with Crippen LogP contribution >= 0.6 is 0 Å². The molecule has 30 heavy (non-hydrogen) atoms. The van der Waals surface area contributed by atoms with Gasteiger partial charge in [-0.1, -0.05) is 72.8 Å². The molecule has 0 aromatic heterocycles. The van der Waals surface area contributed by atoms with E-state index < -0.39 is 0 Å². The highest BCUT2D eigenvalue weighted by Gasteiger charge is 2.30. The Labute approximate surface area is 176 Å². The van der Waals surface area contributed by atoms with Crippen molar-refractivity contribution in [2.24, 2.45) is 0 Å². The molecule has 0 saturated heterocycles. The summed E-state index contributed by atoms with van der Waals surface area (Å²) in [5.74, 6) is 0.289. The number of phenols is 1. The zero-order valence-corrected chi connectivity index (χ0v) is 16.6. The van der Waals surface area contributed by atoms with Crippen molar-refractivity contribution in [1.29, 1.82) is 0 Å². The fraction of sp³-hybridized carbons (Fsp3) is 0.192. The van der Waals surface area contributed by atoms with Crippen LogP contribution in [0, 0.1) is 0 Å². The Kier molecular flexibility index (Phi) is 4.75. The van der Waals surface area contributed by atoms with Gasteiger partial charge in [0.1, 0.15) is 12.4 Å². The Balaban J connectivity index is 1.30. The van der Waals surface area contributed by atoms with E-state index in [1.54, 1.807) is 17.0 Å². The van der Waals surface area contributed by atoms with Gasteiger partial charge in [0, 0.05) is 24.6 Å². The average Bonchev–Trinajstić information content (AvgIpc) is 3.12. The molecule has 0 spiro atoms. The van der Waals surface area contributed by atoms with E-state index in [0.717, 1.165) is 17.6 Å². The lowest BCUT2D eigenvalue weighted by atomic mass is 9.98. The van der Waals surface area contributed by atoms with Gasteiger partial charge in [-0.3, -0.25) is 0 Å². The number of carbonyl (C=O) groups excluding carboxylic acids is 1. The Morgan fingerprint density at radius 1 is 0.900 bits per heavy atom. The number of benzene rings is 3. The molecule has 0 unspecified atom stereocenters. The molecule has 1 aliphatic heterocycles. The number of ether oxygens (including phenoxy) is 1. The predicted octanol–water partition coefficient (Wildman–Crippen LogP) is 5.43. The lowest BCUT2D eigenvalue weighted by Crippen LogP contribution is -2.36. The number of hydrogen-bond acceptors (Lipinski definition) is 3. The van der Waals surface area contributed by atoms with E-state index in [-0.39, 0.29) is 17.8 Å². The van der Waals surface area contributed by atoms with Crippen LogP contribution < -0.4 is 0 Å². The molecule has 1 aliphatic carbocycles. The van der Waals surface area contributed by atoms with Gasteiger partial charge in [0.15, 0.2) is 0 Å². The summed E-state index contributed by atoms with van der Waals surface area (Å²) in [4.78, 5) is 14.6. The SMILES string of the molecule is O=C(OCC1c2ccccc2-c2ccccc21)N1CCC=C(c2ccccc2O)C1. The number of amides is 1. The predicted molar refractivity (Wildman–Crippen MR) is 117 cm³/mol. The molecule has 1 heterocycles. The van der Waals surface area contributed by atoms with Gasteiger partial charge >= 0.3 is 6.09 Å². The molecule has 4 nitrogen and oxygen atoms in total. The first-order valence-corrected chi connectivity index (χ1v) is 10.3. The number of nitrogens with zero attached hydrogens (tertiary/aromatic N) is 1. The van der Waals surface area contributed by atoms with Gasteiger partial charge < -0.3 is 14.7 Å². The molecular weight excluding hydrogens is 374 g/mol. The highest BCUT2D eigenvalue weighted by atomic mass is 16.6. The summed E-state index contributed by atoms with van der Waals surface area (Å²) in [5.41, 5.74) is 6.58. The summed E-state index contributed by atoms with van der Waals surface area (Å²) < 4.78 is 5.79. The van der Waals surface area contributed by atoms with Crippen LogP contribution in [-0.4, -0.2) is 35.8 Å². The van der Waals surface area contributed by atoms with E-state index in [0.29, 0.717) is 19.7 Å². The first kappa shape index (κ1) is 18.5. The highest BCUT2D eigenvalue weighted by molar-refractivity contribution is 5.80. The Hall–Kier alpha value is -3.53. The molecule has 1 N–H and O–H groups in total. The van der Waals surface area contributed by atoms with Gasteiger partial charge in [0.25, 0.3) is 0 Å². The summed E-state index contributed by atoms with van der Waals surface area (Å²) in [6.45, 7) is 1.38. The molecule has 3 aromatic rings. The second-order valence-corrected chi connectivity index (χ2v) is 7.76. The highest BCUT2D eigenvalue weighted by Crippen LogP contribution is 2.44. The number of carbonyl (C=O) groups is 1. The maximum absolute atomic E-state index is 12.9. The molecule has 0 fully saturated rings. The van der Waals surface area contributed by atoms with Crippen molar-refractivity contribution in [1.82, 2.24) is 4.90 Å². The molecule has 0 radical (unpaired) electrons. The van der Waals surface area contributed by atoms with E-state index in [2.05, 4.69) is 30.3 Å². The third kappa shape index (κ3) is 3.24. The van der Waals surface area contributed by atoms with Gasteiger partial charge in [0.05, 0.1) is 0 Å². The average molecular weight is 397 g/mol. The standard InChI is InChI=1S/C26H23NO3/c28-25-14-6-5-9-19(25)18-8-7-15-27(16-18)26(29)30-17-24-22-12-3-1-10-20(22)21-11-2-4-13-23(21)24/h1-6,8-14,24,28H,7,15-17H2. The lowest BCUT2D eigenvalue weighted by Gasteiger charge is -2.28. The van der Waals surface area contributed by atoms with Gasteiger partial charge in [0.2, 0.25) is 0 Å². The summed E-state index contributed by atoms with van der Waals surface area (Å²) in [5, 5.41) is 10.1. The minimum atomic E-state index is -0.308. The molecule has 0 saturated carbocycles. The van der Waals surface area contributed by atoms with Crippen LogP contribution in [0.5, 0.6) is 5.75 Å². The molecular formula is C26H23NO3. The molecule has 2 aliphatic rings. The molecule has 0 atom stereocenters. The van der Waals surface area contributed by atoms with E-state index in [1.165, 1.54) is 22.3 Å². The van der Waals surface area contributed by atoms with Crippen LogP contribution in [0.15, 0.2) is 78.9 Å². The Morgan fingerprint density at radius 3 is 2.17 bits per heavy atom. The monoisotopic (exact) mass is 397 g/mol. The quantitative estimate of drug-likeness (QED) is 0.641. The van der Waals surface area contributed by atoms with E-state index in [9.17, 15) is 9.90 Å². The molecule has 5 rings (SSSR count). The third-order valence-corrected chi connectivity index (χ3v) is 6.00. The van der Waals surface area contributed by atoms with Gasteiger partial charge in [-0.25, -0.2) is 4.79 Å². The molecule has 3 aromatic carbocycles. The molecule has 0 bridgehead atoms. The Morgan fingerprint density at radius 2 is 1.50 bits per heavy atom. The van der Waals surface area contributed by atoms with Crippen molar-refractivity contribution in [3.05, 3.63) is 95.6 Å². The second-order valence-electron chi connectivity index (χ2n) is 7.76. The van der Waals surface area contributed by atoms with Crippen LogP contribution in [0.1, 0.15) is 29.0 Å². The fourth-order valence-corrected chi connectivity index (χ4v) is 4.53. The van der Waals surface area contributed by atoms with Crippen molar-refractivity contribution in [2.45, 2.75) is 12.3 Å².